The molecule has 0 aliphatic carbocycles. The lowest BCUT2D eigenvalue weighted by molar-refractivity contribution is -0.121. The van der Waals surface area contributed by atoms with Gasteiger partial charge in [0.15, 0.2) is 0 Å². The zero-order valence-corrected chi connectivity index (χ0v) is 18.9. The van der Waals surface area contributed by atoms with E-state index in [9.17, 15) is 14.4 Å². The summed E-state index contributed by atoms with van der Waals surface area (Å²) in [6.45, 7) is 7.36. The maximum absolute atomic E-state index is 12.8. The van der Waals surface area contributed by atoms with Gasteiger partial charge in [0.05, 0.1) is 6.42 Å². The molecule has 0 saturated heterocycles. The number of amides is 1. The summed E-state index contributed by atoms with van der Waals surface area (Å²) in [5.41, 5.74) is 1.61. The van der Waals surface area contributed by atoms with E-state index in [0.717, 1.165) is 29.6 Å². The standard InChI is InChI=1S/C24H30N4O4/c1-15(2)8-11-28-24(31)27-10-9-18(5-7-21(27)26-28)25-22(29)13-17-14-23(30)32-20-12-16(3)4-6-19(17)20/h4,6,12,14-15,18H,5,7-11,13H2,1-3H3,(H,25,29). The summed E-state index contributed by atoms with van der Waals surface area (Å²) in [6, 6.07) is 6.97. The smallest absolute Gasteiger partial charge is 0.345 e. The maximum atomic E-state index is 12.8. The Kier molecular flexibility index (Phi) is 6.30. The van der Waals surface area contributed by atoms with Crippen LogP contribution in [-0.4, -0.2) is 26.3 Å². The van der Waals surface area contributed by atoms with Gasteiger partial charge in [-0.3, -0.25) is 9.36 Å². The van der Waals surface area contributed by atoms with Crippen LogP contribution in [0.4, 0.5) is 0 Å². The van der Waals surface area contributed by atoms with E-state index in [0.29, 0.717) is 43.0 Å². The van der Waals surface area contributed by atoms with Gasteiger partial charge in [0, 0.05) is 37.0 Å². The normalized spacial score (nSPS) is 16.2. The number of carbonyl (C=O) groups excluding carboxylic acids is 1. The molecular weight excluding hydrogens is 408 g/mol. The van der Waals surface area contributed by atoms with Gasteiger partial charge >= 0.3 is 11.3 Å². The topological polar surface area (TPSA) is 99.1 Å². The van der Waals surface area contributed by atoms with Crippen molar-refractivity contribution in [3.63, 3.8) is 0 Å². The molecule has 1 unspecified atom stereocenters. The van der Waals surface area contributed by atoms with Crippen LogP contribution >= 0.6 is 0 Å². The SMILES string of the molecule is Cc1ccc2c(CC(=O)NC3CCc4nn(CCC(C)C)c(=O)n4CC3)cc(=O)oc2c1. The van der Waals surface area contributed by atoms with Gasteiger partial charge in [-0.25, -0.2) is 14.3 Å². The number of benzene rings is 1. The van der Waals surface area contributed by atoms with E-state index in [-0.39, 0.29) is 24.1 Å². The maximum Gasteiger partial charge on any atom is 0.345 e. The van der Waals surface area contributed by atoms with E-state index in [4.69, 9.17) is 4.42 Å². The summed E-state index contributed by atoms with van der Waals surface area (Å²) in [6.07, 6.45) is 3.07. The Labute approximate surface area is 186 Å². The number of hydrogen-bond acceptors (Lipinski definition) is 5. The second-order valence-corrected chi connectivity index (χ2v) is 9.11. The Bertz CT molecular complexity index is 1250. The summed E-state index contributed by atoms with van der Waals surface area (Å²) in [7, 11) is 0. The summed E-state index contributed by atoms with van der Waals surface area (Å²) in [5, 5.41) is 8.38. The fourth-order valence-corrected chi connectivity index (χ4v) is 4.23. The molecule has 1 aliphatic rings. The minimum atomic E-state index is -0.459. The van der Waals surface area contributed by atoms with Gasteiger partial charge in [-0.15, -0.1) is 0 Å². The van der Waals surface area contributed by atoms with Crippen molar-refractivity contribution in [2.45, 2.75) is 72.0 Å². The zero-order valence-electron chi connectivity index (χ0n) is 18.9. The molecular formula is C24H30N4O4. The van der Waals surface area contributed by atoms with Crippen molar-refractivity contribution in [3.8, 4) is 0 Å². The first-order chi connectivity index (χ1) is 15.3. The van der Waals surface area contributed by atoms with Crippen molar-refractivity contribution >= 4 is 16.9 Å². The fourth-order valence-electron chi connectivity index (χ4n) is 4.23. The second kappa shape index (κ2) is 9.14. The van der Waals surface area contributed by atoms with Crippen LogP contribution in [0.5, 0.6) is 0 Å². The summed E-state index contributed by atoms with van der Waals surface area (Å²) < 4.78 is 8.59. The molecule has 8 nitrogen and oxygen atoms in total. The van der Waals surface area contributed by atoms with E-state index in [2.05, 4.69) is 24.3 Å². The van der Waals surface area contributed by atoms with Gasteiger partial charge in [0.25, 0.3) is 0 Å². The third kappa shape index (κ3) is 4.84. The van der Waals surface area contributed by atoms with Gasteiger partial charge in [0.1, 0.15) is 11.4 Å². The molecule has 0 bridgehead atoms. The van der Waals surface area contributed by atoms with Gasteiger partial charge in [-0.05, 0) is 49.3 Å². The van der Waals surface area contributed by atoms with Crippen molar-refractivity contribution in [3.05, 3.63) is 62.1 Å². The Hall–Kier alpha value is -3.16. The number of fused-ring (bicyclic) bond motifs is 2. The number of aromatic nitrogens is 3. The number of nitrogens with zero attached hydrogens (tertiary/aromatic N) is 3. The molecule has 0 fully saturated rings. The van der Waals surface area contributed by atoms with E-state index in [1.807, 2.05) is 19.1 Å². The van der Waals surface area contributed by atoms with E-state index >= 15 is 0 Å². The third-order valence-electron chi connectivity index (χ3n) is 6.04. The molecule has 4 rings (SSSR count). The van der Waals surface area contributed by atoms with E-state index in [1.54, 1.807) is 15.3 Å². The van der Waals surface area contributed by atoms with Gasteiger partial charge in [-0.1, -0.05) is 26.0 Å². The number of aryl methyl sites for hydroxylation is 3. The highest BCUT2D eigenvalue weighted by molar-refractivity contribution is 5.87. The van der Waals surface area contributed by atoms with Crippen molar-refractivity contribution in [1.29, 1.82) is 0 Å². The van der Waals surface area contributed by atoms with Crippen LogP contribution < -0.4 is 16.6 Å². The molecule has 1 N–H and O–H groups in total. The van der Waals surface area contributed by atoms with Crippen LogP contribution in [-0.2, 0) is 30.7 Å². The Morgan fingerprint density at radius 2 is 2.06 bits per heavy atom. The third-order valence-corrected chi connectivity index (χ3v) is 6.04. The molecule has 0 spiro atoms. The Morgan fingerprint density at radius 3 is 2.84 bits per heavy atom. The monoisotopic (exact) mass is 438 g/mol. The average Bonchev–Trinajstić information content (AvgIpc) is 2.88. The quantitative estimate of drug-likeness (QED) is 0.597. The minimum Gasteiger partial charge on any atom is -0.423 e. The lowest BCUT2D eigenvalue weighted by Crippen LogP contribution is -2.37. The zero-order chi connectivity index (χ0) is 22.8. The molecule has 1 atom stereocenters. The number of nitrogens with one attached hydrogen (secondary N) is 1. The second-order valence-electron chi connectivity index (χ2n) is 9.11. The molecule has 8 heteroatoms. The summed E-state index contributed by atoms with van der Waals surface area (Å²) in [5.74, 6) is 1.16. The molecule has 170 valence electrons. The molecule has 1 amide bonds. The van der Waals surface area contributed by atoms with E-state index in [1.165, 1.54) is 6.07 Å². The van der Waals surface area contributed by atoms with Crippen molar-refractivity contribution < 1.29 is 9.21 Å². The van der Waals surface area contributed by atoms with Gasteiger partial charge in [0.2, 0.25) is 5.91 Å². The van der Waals surface area contributed by atoms with Crippen molar-refractivity contribution in [2.75, 3.05) is 0 Å². The lowest BCUT2D eigenvalue weighted by Gasteiger charge is -2.16. The lowest BCUT2D eigenvalue weighted by atomic mass is 10.0. The van der Waals surface area contributed by atoms with Gasteiger partial charge < -0.3 is 9.73 Å². The van der Waals surface area contributed by atoms with Crippen LogP contribution in [0.15, 0.2) is 38.3 Å². The number of rotatable bonds is 6. The number of hydrogen-bond donors (Lipinski definition) is 1. The van der Waals surface area contributed by atoms with Crippen LogP contribution in [0, 0.1) is 12.8 Å². The van der Waals surface area contributed by atoms with Crippen LogP contribution in [0.1, 0.15) is 50.1 Å². The first kappa shape index (κ1) is 22.0. The molecule has 3 aromatic rings. The highest BCUT2D eigenvalue weighted by Crippen LogP contribution is 2.19. The summed E-state index contributed by atoms with van der Waals surface area (Å²) >= 11 is 0. The average molecular weight is 439 g/mol. The van der Waals surface area contributed by atoms with Crippen molar-refractivity contribution in [2.24, 2.45) is 5.92 Å². The highest BCUT2D eigenvalue weighted by Gasteiger charge is 2.22. The van der Waals surface area contributed by atoms with Crippen molar-refractivity contribution in [1.82, 2.24) is 19.7 Å². The van der Waals surface area contributed by atoms with Crippen LogP contribution in [0.2, 0.25) is 0 Å². The summed E-state index contributed by atoms with van der Waals surface area (Å²) in [4.78, 5) is 37.4. The van der Waals surface area contributed by atoms with Crippen LogP contribution in [0.25, 0.3) is 11.0 Å². The molecule has 3 heterocycles. The predicted molar refractivity (Wildman–Crippen MR) is 122 cm³/mol. The predicted octanol–water partition coefficient (Wildman–Crippen LogP) is 2.57. The molecule has 1 aromatic carbocycles. The van der Waals surface area contributed by atoms with Crippen LogP contribution in [0.3, 0.4) is 0 Å². The van der Waals surface area contributed by atoms with Gasteiger partial charge in [-0.2, -0.15) is 5.10 Å². The first-order valence-corrected chi connectivity index (χ1v) is 11.3. The molecule has 1 aliphatic heterocycles. The fraction of sp³-hybridized carbons (Fsp3) is 0.500. The highest BCUT2D eigenvalue weighted by atomic mass is 16.4. The molecule has 32 heavy (non-hydrogen) atoms. The minimum absolute atomic E-state index is 0.0404. The Morgan fingerprint density at radius 1 is 1.25 bits per heavy atom. The molecule has 2 aromatic heterocycles. The molecule has 0 radical (unpaired) electrons. The first-order valence-electron chi connectivity index (χ1n) is 11.3. The van der Waals surface area contributed by atoms with E-state index < -0.39 is 5.63 Å². The largest absolute Gasteiger partial charge is 0.423 e. The molecule has 0 saturated carbocycles. The Balaban J connectivity index is 1.41. The number of carbonyl (C=O) groups is 1.